The summed E-state index contributed by atoms with van der Waals surface area (Å²) in [5, 5.41) is 0. The molecule has 0 spiro atoms. The van der Waals surface area contributed by atoms with Gasteiger partial charge in [0, 0.05) is 5.56 Å². The van der Waals surface area contributed by atoms with Gasteiger partial charge in [0.2, 0.25) is 0 Å². The van der Waals surface area contributed by atoms with Gasteiger partial charge in [0.25, 0.3) is 0 Å². The first-order valence-corrected chi connectivity index (χ1v) is 6.80. The van der Waals surface area contributed by atoms with Crippen molar-refractivity contribution in [3.63, 3.8) is 0 Å². The van der Waals surface area contributed by atoms with Crippen molar-refractivity contribution in [3.05, 3.63) is 41.0 Å². The van der Waals surface area contributed by atoms with E-state index in [2.05, 4.69) is 0 Å². The first kappa shape index (κ1) is 15.4. The second-order valence-electron chi connectivity index (χ2n) is 5.49. The van der Waals surface area contributed by atoms with Crippen molar-refractivity contribution >= 4 is 5.57 Å². The number of hydrogen-bond acceptors (Lipinski definition) is 1. The third kappa shape index (κ3) is 2.74. The van der Waals surface area contributed by atoms with E-state index >= 15 is 0 Å². The molecule has 1 nitrogen and oxygen atoms in total. The highest BCUT2D eigenvalue weighted by atomic mass is 19.4. The molecule has 1 fully saturated rings. The molecule has 2 aliphatic rings. The largest absolute Gasteiger partial charge is 0.417 e. The molecule has 0 radical (unpaired) electrons. The summed E-state index contributed by atoms with van der Waals surface area (Å²) >= 11 is 0. The predicted octanol–water partition coefficient (Wildman–Crippen LogP) is 5.06. The number of halogens is 6. The number of benzene rings is 1. The Morgan fingerprint density at radius 1 is 0.909 bits per heavy atom. The SMILES string of the molecule is FC(F)(F)c1cccc(C(F)(F)F)c1C1=CC2CCC(C1)O2. The molecule has 1 aromatic carbocycles. The normalized spacial score (nSPS) is 25.3. The average Bonchev–Trinajstić information content (AvgIpc) is 2.74. The molecule has 2 atom stereocenters. The third-order valence-electron chi connectivity index (χ3n) is 3.97. The third-order valence-corrected chi connectivity index (χ3v) is 3.97. The van der Waals surface area contributed by atoms with Gasteiger partial charge in [-0.05, 0) is 37.0 Å². The molecule has 7 heteroatoms. The summed E-state index contributed by atoms with van der Waals surface area (Å²) in [6.07, 6.45) is -7.60. The summed E-state index contributed by atoms with van der Waals surface area (Å²) < 4.78 is 84.4. The lowest BCUT2D eigenvalue weighted by molar-refractivity contribution is -0.143. The van der Waals surface area contributed by atoms with Crippen molar-refractivity contribution in [2.75, 3.05) is 0 Å². The second kappa shape index (κ2) is 5.01. The van der Waals surface area contributed by atoms with Crippen LogP contribution in [0.1, 0.15) is 36.0 Å². The minimum absolute atomic E-state index is 0.0761. The lowest BCUT2D eigenvalue weighted by Gasteiger charge is -2.25. The standard InChI is InChI=1S/C15H12F6O/c16-14(17,18)11-2-1-3-12(15(19,20)21)13(11)8-6-9-4-5-10(7-8)22-9/h1-3,6,9-10H,4-5,7H2. The van der Waals surface area contributed by atoms with Gasteiger partial charge in [-0.2, -0.15) is 26.3 Å². The molecule has 3 rings (SSSR count). The molecule has 22 heavy (non-hydrogen) atoms. The summed E-state index contributed by atoms with van der Waals surface area (Å²) in [6, 6.07) is 2.19. The fourth-order valence-corrected chi connectivity index (χ4v) is 3.10. The van der Waals surface area contributed by atoms with Gasteiger partial charge < -0.3 is 4.74 Å². The first-order valence-electron chi connectivity index (χ1n) is 6.80. The van der Waals surface area contributed by atoms with E-state index < -0.39 is 35.1 Å². The van der Waals surface area contributed by atoms with Crippen molar-refractivity contribution in [1.82, 2.24) is 0 Å². The number of alkyl halides is 6. The predicted molar refractivity (Wildman–Crippen MR) is 66.9 cm³/mol. The maximum Gasteiger partial charge on any atom is 0.417 e. The van der Waals surface area contributed by atoms with Crippen LogP contribution in [0.3, 0.4) is 0 Å². The van der Waals surface area contributed by atoms with E-state index in [-0.39, 0.29) is 18.1 Å². The zero-order valence-corrected chi connectivity index (χ0v) is 11.3. The van der Waals surface area contributed by atoms with Crippen LogP contribution >= 0.6 is 0 Å². The topological polar surface area (TPSA) is 9.23 Å². The molecule has 0 saturated carbocycles. The summed E-state index contributed by atoms with van der Waals surface area (Å²) in [6.45, 7) is 0. The molecule has 2 aliphatic heterocycles. The fraction of sp³-hybridized carbons (Fsp3) is 0.467. The Bertz CT molecular complexity index is 581. The Kier molecular flexibility index (Phi) is 3.51. The van der Waals surface area contributed by atoms with Crippen molar-refractivity contribution in [1.29, 1.82) is 0 Å². The Morgan fingerprint density at radius 2 is 1.50 bits per heavy atom. The van der Waals surface area contributed by atoms with E-state index in [1.165, 1.54) is 6.08 Å². The Hall–Kier alpha value is -1.50. The van der Waals surface area contributed by atoms with Gasteiger partial charge in [0.05, 0.1) is 23.3 Å². The second-order valence-corrected chi connectivity index (χ2v) is 5.49. The zero-order chi connectivity index (χ0) is 16.1. The van der Waals surface area contributed by atoms with E-state index in [9.17, 15) is 26.3 Å². The van der Waals surface area contributed by atoms with E-state index in [1.807, 2.05) is 0 Å². The molecule has 2 heterocycles. The zero-order valence-electron chi connectivity index (χ0n) is 11.3. The first-order chi connectivity index (χ1) is 10.2. The number of hydrogen-bond donors (Lipinski definition) is 0. The van der Waals surface area contributed by atoms with Gasteiger partial charge in [0.1, 0.15) is 0 Å². The Balaban J connectivity index is 2.19. The molecule has 0 N–H and O–H groups in total. The van der Waals surface area contributed by atoms with E-state index in [1.54, 1.807) is 0 Å². The minimum Gasteiger partial charge on any atom is -0.371 e. The molecule has 120 valence electrons. The van der Waals surface area contributed by atoms with Crippen LogP contribution in [-0.2, 0) is 17.1 Å². The van der Waals surface area contributed by atoms with E-state index in [0.29, 0.717) is 25.0 Å². The van der Waals surface area contributed by atoms with Gasteiger partial charge in [-0.3, -0.25) is 0 Å². The van der Waals surface area contributed by atoms with E-state index in [4.69, 9.17) is 4.74 Å². The minimum atomic E-state index is -4.84. The summed E-state index contributed by atoms with van der Waals surface area (Å²) in [4.78, 5) is 0. The molecule has 1 saturated heterocycles. The summed E-state index contributed by atoms with van der Waals surface area (Å²) in [7, 11) is 0. The van der Waals surface area contributed by atoms with Crippen molar-refractivity contribution in [2.24, 2.45) is 0 Å². The smallest absolute Gasteiger partial charge is 0.371 e. The quantitative estimate of drug-likeness (QED) is 0.657. The van der Waals surface area contributed by atoms with Crippen molar-refractivity contribution in [3.8, 4) is 0 Å². The van der Waals surface area contributed by atoms with Crippen LogP contribution < -0.4 is 0 Å². The lowest BCUT2D eigenvalue weighted by atomic mass is 9.89. The highest BCUT2D eigenvalue weighted by molar-refractivity contribution is 5.73. The number of ether oxygens (including phenoxy) is 1. The fourth-order valence-electron chi connectivity index (χ4n) is 3.10. The number of fused-ring (bicyclic) bond motifs is 2. The van der Waals surface area contributed by atoms with Gasteiger partial charge in [-0.25, -0.2) is 0 Å². The summed E-state index contributed by atoms with van der Waals surface area (Å²) in [5.41, 5.74) is -3.15. The molecule has 0 amide bonds. The molecular weight excluding hydrogens is 310 g/mol. The Labute approximate surface area is 122 Å². The van der Waals surface area contributed by atoms with Crippen LogP contribution in [0.4, 0.5) is 26.3 Å². The molecule has 1 aromatic rings. The Morgan fingerprint density at radius 3 is 2.00 bits per heavy atom. The average molecular weight is 322 g/mol. The molecule has 2 unspecified atom stereocenters. The molecule has 0 aromatic heterocycles. The maximum atomic E-state index is 13.2. The monoisotopic (exact) mass is 322 g/mol. The maximum absolute atomic E-state index is 13.2. The number of rotatable bonds is 1. The van der Waals surface area contributed by atoms with E-state index in [0.717, 1.165) is 6.07 Å². The van der Waals surface area contributed by atoms with Crippen LogP contribution in [0.25, 0.3) is 5.57 Å². The van der Waals surface area contributed by atoms with Crippen LogP contribution in [0.2, 0.25) is 0 Å². The molecular formula is C15H12F6O. The van der Waals surface area contributed by atoms with Gasteiger partial charge in [-0.15, -0.1) is 0 Å². The molecule has 0 aliphatic carbocycles. The van der Waals surface area contributed by atoms with Crippen LogP contribution in [0.5, 0.6) is 0 Å². The van der Waals surface area contributed by atoms with Crippen LogP contribution in [0.15, 0.2) is 24.3 Å². The van der Waals surface area contributed by atoms with Crippen molar-refractivity contribution in [2.45, 2.75) is 43.8 Å². The van der Waals surface area contributed by atoms with Gasteiger partial charge in [0.15, 0.2) is 0 Å². The lowest BCUT2D eigenvalue weighted by Crippen LogP contribution is -2.21. The highest BCUT2D eigenvalue weighted by Gasteiger charge is 2.43. The van der Waals surface area contributed by atoms with Crippen LogP contribution in [0, 0.1) is 0 Å². The molecule has 2 bridgehead atoms. The highest BCUT2D eigenvalue weighted by Crippen LogP contribution is 2.46. The van der Waals surface area contributed by atoms with Gasteiger partial charge in [-0.1, -0.05) is 12.1 Å². The van der Waals surface area contributed by atoms with Crippen molar-refractivity contribution < 1.29 is 31.1 Å². The van der Waals surface area contributed by atoms with Crippen LogP contribution in [-0.4, -0.2) is 12.2 Å². The van der Waals surface area contributed by atoms with Gasteiger partial charge >= 0.3 is 12.4 Å². The summed E-state index contributed by atoms with van der Waals surface area (Å²) in [5.74, 6) is 0.